The molecule has 4 heterocycles. The van der Waals surface area contributed by atoms with Crippen LogP contribution in [0.15, 0.2) is 36.4 Å². The Balaban J connectivity index is 0.000000269. The van der Waals surface area contributed by atoms with E-state index in [2.05, 4.69) is 10.6 Å². The maximum Gasteiger partial charge on any atom is 0.308 e. The summed E-state index contributed by atoms with van der Waals surface area (Å²) in [6.45, 7) is 8.13. The standard InChI is InChI=1S/C28H38N2O8.C24H30N2O8/c1-28(2,3)38-23(32)15-18-36-16-8-6-4-5-7-9-17-37-21-12-10-11-19-24(21)27(35)30(26(19)34)20-13-14-22(31)29-25(20)33;27-19-11-10-17(22(30)25-19)26-23(31)16-8-7-9-18(21(16)24(26)32)34-14-6-4-2-1-3-5-13-33-15-12-20(28)29/h10-12,20H,4-9,13-18H2,1-3H3,(H,29,31,33);7-9,17H,1-6,10-15H2,(H,28,29)(H,25,27,30). The van der Waals surface area contributed by atoms with Gasteiger partial charge in [0.25, 0.3) is 23.6 Å². The number of ether oxygens (including phenoxy) is 5. The molecule has 20 heteroatoms. The maximum atomic E-state index is 13.1. The lowest BCUT2D eigenvalue weighted by Gasteiger charge is -2.27. The summed E-state index contributed by atoms with van der Waals surface area (Å²) in [5.41, 5.74) is 0.288. The predicted molar refractivity (Wildman–Crippen MR) is 257 cm³/mol. The van der Waals surface area contributed by atoms with Crippen molar-refractivity contribution in [2.45, 2.75) is 154 Å². The van der Waals surface area contributed by atoms with E-state index in [-0.39, 0.29) is 73.4 Å². The second-order valence-electron chi connectivity index (χ2n) is 18.9. The number of carboxylic acids is 1. The van der Waals surface area contributed by atoms with Crippen LogP contribution in [0.5, 0.6) is 11.5 Å². The molecule has 2 aromatic carbocycles. The highest BCUT2D eigenvalue weighted by Crippen LogP contribution is 2.35. The summed E-state index contributed by atoms with van der Waals surface area (Å²) in [5, 5.41) is 12.9. The normalized spacial score (nSPS) is 17.5. The van der Waals surface area contributed by atoms with Crippen molar-refractivity contribution in [2.75, 3.05) is 39.6 Å². The highest BCUT2D eigenvalue weighted by Gasteiger charge is 2.47. The van der Waals surface area contributed by atoms with Gasteiger partial charge in [-0.1, -0.05) is 63.5 Å². The SMILES string of the molecule is CC(C)(C)OC(=O)CCOCCCCCCCCOc1cccc2c1C(=O)N(C1CCC(=O)NC1=O)C2=O.O=C(O)CCOCCCCCCCCOc1cccc2c1C(=O)N(C1CCC(=O)NC1=O)C2=O. The molecule has 2 saturated heterocycles. The number of nitrogens with zero attached hydrogens (tertiary/aromatic N) is 2. The molecular formula is C52H68N4O16. The monoisotopic (exact) mass is 1000 g/mol. The summed E-state index contributed by atoms with van der Waals surface area (Å²) in [6, 6.07) is 7.69. The number of piperidine rings is 2. The van der Waals surface area contributed by atoms with Crippen molar-refractivity contribution in [1.82, 2.24) is 20.4 Å². The number of benzene rings is 2. The molecule has 0 spiro atoms. The minimum absolute atomic E-state index is 0.0271. The van der Waals surface area contributed by atoms with E-state index >= 15 is 0 Å². The molecule has 20 nitrogen and oxygen atoms in total. The molecule has 0 aliphatic carbocycles. The Morgan fingerprint density at radius 2 is 0.931 bits per heavy atom. The topological polar surface area (TPSA) is 268 Å². The zero-order valence-electron chi connectivity index (χ0n) is 41.6. The van der Waals surface area contributed by atoms with Crippen LogP contribution in [0.3, 0.4) is 0 Å². The van der Waals surface area contributed by atoms with Gasteiger partial charge in [-0.3, -0.25) is 68.4 Å². The van der Waals surface area contributed by atoms with Gasteiger partial charge in [0.1, 0.15) is 29.2 Å². The van der Waals surface area contributed by atoms with Crippen LogP contribution in [-0.2, 0) is 43.0 Å². The number of rotatable bonds is 28. The fourth-order valence-corrected chi connectivity index (χ4v) is 8.51. The Labute approximate surface area is 419 Å². The molecule has 6 rings (SSSR count). The van der Waals surface area contributed by atoms with Crippen molar-refractivity contribution >= 4 is 59.2 Å². The Morgan fingerprint density at radius 1 is 0.542 bits per heavy atom. The summed E-state index contributed by atoms with van der Waals surface area (Å²) in [5.74, 6) is -4.77. The molecular weight excluding hydrogens is 937 g/mol. The Hall–Kier alpha value is -6.54. The zero-order chi connectivity index (χ0) is 52.2. The molecule has 0 radical (unpaired) electrons. The first-order valence-electron chi connectivity index (χ1n) is 25.0. The van der Waals surface area contributed by atoms with Crippen molar-refractivity contribution in [2.24, 2.45) is 0 Å². The van der Waals surface area contributed by atoms with Gasteiger partial charge in [-0.05, 0) is 83.6 Å². The number of fused-ring (bicyclic) bond motifs is 2. The van der Waals surface area contributed by atoms with Crippen LogP contribution in [0.2, 0.25) is 0 Å². The van der Waals surface area contributed by atoms with Crippen LogP contribution in [0.25, 0.3) is 0 Å². The number of nitrogens with one attached hydrogen (secondary N) is 2. The lowest BCUT2D eigenvalue weighted by atomic mass is 10.0. The average molecular weight is 1010 g/mol. The van der Waals surface area contributed by atoms with E-state index in [0.29, 0.717) is 44.5 Å². The van der Waals surface area contributed by atoms with Gasteiger partial charge in [0.05, 0.1) is 61.5 Å². The summed E-state index contributed by atoms with van der Waals surface area (Å²) >= 11 is 0. The number of imide groups is 4. The Morgan fingerprint density at radius 3 is 1.32 bits per heavy atom. The van der Waals surface area contributed by atoms with Gasteiger partial charge < -0.3 is 28.8 Å². The smallest absolute Gasteiger partial charge is 0.308 e. The van der Waals surface area contributed by atoms with Crippen LogP contribution in [0.4, 0.5) is 0 Å². The molecule has 4 aliphatic rings. The lowest BCUT2D eigenvalue weighted by Crippen LogP contribution is -2.54. The number of carbonyl (C=O) groups is 10. The van der Waals surface area contributed by atoms with E-state index in [4.69, 9.17) is 28.8 Å². The van der Waals surface area contributed by atoms with Crippen molar-refractivity contribution in [1.29, 1.82) is 0 Å². The number of hydrogen-bond donors (Lipinski definition) is 3. The van der Waals surface area contributed by atoms with Crippen molar-refractivity contribution in [3.05, 3.63) is 58.7 Å². The number of carbonyl (C=O) groups excluding carboxylic acids is 9. The Kier molecular flexibility index (Phi) is 21.8. The minimum Gasteiger partial charge on any atom is -0.493 e. The fraction of sp³-hybridized carbons (Fsp3) is 0.577. The van der Waals surface area contributed by atoms with Crippen LogP contribution in [0, 0.1) is 0 Å². The van der Waals surface area contributed by atoms with Gasteiger partial charge in [-0.15, -0.1) is 0 Å². The molecule has 392 valence electrons. The van der Waals surface area contributed by atoms with E-state index in [0.717, 1.165) is 86.8 Å². The number of amides is 8. The number of carboxylic acid groups (broad SMARTS) is 1. The summed E-state index contributed by atoms with van der Waals surface area (Å²) in [4.78, 5) is 123. The van der Waals surface area contributed by atoms with E-state index < -0.39 is 70.9 Å². The van der Waals surface area contributed by atoms with E-state index in [9.17, 15) is 47.9 Å². The quantitative estimate of drug-likeness (QED) is 0.0512. The molecule has 0 bridgehead atoms. The number of unbranched alkanes of at least 4 members (excludes halogenated alkanes) is 10. The van der Waals surface area contributed by atoms with Gasteiger partial charge in [-0.2, -0.15) is 0 Å². The van der Waals surface area contributed by atoms with E-state index in [1.807, 2.05) is 20.8 Å². The highest BCUT2D eigenvalue weighted by molar-refractivity contribution is 6.25. The Bertz CT molecular complexity index is 2310. The van der Waals surface area contributed by atoms with E-state index in [1.54, 1.807) is 36.4 Å². The molecule has 4 aliphatic heterocycles. The molecule has 2 aromatic rings. The predicted octanol–water partition coefficient (Wildman–Crippen LogP) is 5.85. The minimum atomic E-state index is -1.000. The molecule has 2 unspecified atom stereocenters. The summed E-state index contributed by atoms with van der Waals surface area (Å²) in [7, 11) is 0. The van der Waals surface area contributed by atoms with Crippen molar-refractivity contribution < 1.29 is 76.7 Å². The number of hydrogen-bond acceptors (Lipinski definition) is 15. The van der Waals surface area contributed by atoms with Gasteiger partial charge in [0, 0.05) is 26.1 Å². The molecule has 3 N–H and O–H groups in total. The second-order valence-corrected chi connectivity index (χ2v) is 18.9. The van der Waals surface area contributed by atoms with Crippen molar-refractivity contribution in [3.8, 4) is 11.5 Å². The molecule has 8 amide bonds. The van der Waals surface area contributed by atoms with Gasteiger partial charge in [0.15, 0.2) is 0 Å². The van der Waals surface area contributed by atoms with Crippen LogP contribution < -0.4 is 20.1 Å². The zero-order valence-corrected chi connectivity index (χ0v) is 41.6. The van der Waals surface area contributed by atoms with Gasteiger partial charge >= 0.3 is 11.9 Å². The first-order valence-corrected chi connectivity index (χ1v) is 25.0. The fourth-order valence-electron chi connectivity index (χ4n) is 8.51. The van der Waals surface area contributed by atoms with Crippen LogP contribution in [0.1, 0.15) is 178 Å². The highest BCUT2D eigenvalue weighted by atomic mass is 16.6. The van der Waals surface area contributed by atoms with Crippen molar-refractivity contribution in [3.63, 3.8) is 0 Å². The lowest BCUT2D eigenvalue weighted by molar-refractivity contribution is -0.156. The first kappa shape index (κ1) is 56.4. The molecule has 0 saturated carbocycles. The first-order chi connectivity index (χ1) is 34.5. The second kappa shape index (κ2) is 27.9. The largest absolute Gasteiger partial charge is 0.493 e. The van der Waals surface area contributed by atoms with Crippen LogP contribution in [-0.4, -0.2) is 131 Å². The maximum absolute atomic E-state index is 13.1. The molecule has 2 atom stereocenters. The number of aliphatic carboxylic acids is 1. The third kappa shape index (κ3) is 16.5. The van der Waals surface area contributed by atoms with Gasteiger partial charge in [0.2, 0.25) is 23.6 Å². The van der Waals surface area contributed by atoms with Crippen LogP contribution >= 0.6 is 0 Å². The summed E-state index contributed by atoms with van der Waals surface area (Å²) in [6.07, 6.45) is 12.2. The number of esters is 1. The molecule has 0 aromatic heterocycles. The average Bonchev–Trinajstić information content (AvgIpc) is 3.73. The summed E-state index contributed by atoms with van der Waals surface area (Å²) < 4.78 is 27.7. The van der Waals surface area contributed by atoms with Gasteiger partial charge in [-0.25, -0.2) is 0 Å². The molecule has 2 fully saturated rings. The third-order valence-corrected chi connectivity index (χ3v) is 12.1. The molecule has 72 heavy (non-hydrogen) atoms. The third-order valence-electron chi connectivity index (χ3n) is 12.1. The van der Waals surface area contributed by atoms with E-state index in [1.165, 1.54) is 0 Å².